The third-order valence-electron chi connectivity index (χ3n) is 6.39. The first-order chi connectivity index (χ1) is 13.2. The second kappa shape index (κ2) is 8.67. The van der Waals surface area contributed by atoms with Crippen molar-refractivity contribution < 1.29 is 17.6 Å². The molecule has 28 heavy (non-hydrogen) atoms. The molecule has 1 aromatic rings. The minimum atomic E-state index is -3.74. The Morgan fingerprint density at radius 1 is 1.18 bits per heavy atom. The van der Waals surface area contributed by atoms with Crippen LogP contribution in [0.25, 0.3) is 0 Å². The van der Waals surface area contributed by atoms with E-state index in [2.05, 4.69) is 19.2 Å². The van der Waals surface area contributed by atoms with Crippen LogP contribution in [-0.2, 0) is 14.8 Å². The maximum absolute atomic E-state index is 13.3. The molecule has 1 aliphatic carbocycles. The number of nitrogens with zero attached hydrogens (tertiary/aromatic N) is 1. The molecule has 1 aromatic carbocycles. The van der Waals surface area contributed by atoms with E-state index in [1.54, 1.807) is 0 Å². The standard InChI is InChI=1S/C20H28ClFN2O3S/c1-13-4-3-5-19(14(13)2)23-20(25)15-8-10-24(11-9-15)28(26,27)16-6-7-18(22)17(21)12-16/h6-7,12-15,19H,3-5,8-11H2,1-2H3,(H,23,25). The Morgan fingerprint density at radius 3 is 2.50 bits per heavy atom. The van der Waals surface area contributed by atoms with Gasteiger partial charge >= 0.3 is 0 Å². The minimum Gasteiger partial charge on any atom is -0.353 e. The van der Waals surface area contributed by atoms with Crippen molar-refractivity contribution in [2.45, 2.75) is 56.9 Å². The first-order valence-corrected chi connectivity index (χ1v) is 11.8. The second-order valence-corrected chi connectivity index (χ2v) is 10.5. The highest BCUT2D eigenvalue weighted by Crippen LogP contribution is 2.31. The largest absolute Gasteiger partial charge is 0.353 e. The van der Waals surface area contributed by atoms with Crippen LogP contribution in [0.2, 0.25) is 5.02 Å². The molecule has 156 valence electrons. The summed E-state index contributed by atoms with van der Waals surface area (Å²) in [6.45, 7) is 4.96. The van der Waals surface area contributed by atoms with E-state index in [0.29, 0.717) is 24.7 Å². The van der Waals surface area contributed by atoms with Crippen molar-refractivity contribution in [3.63, 3.8) is 0 Å². The fourth-order valence-electron chi connectivity index (χ4n) is 4.23. The molecule has 2 fully saturated rings. The van der Waals surface area contributed by atoms with Crippen LogP contribution >= 0.6 is 11.6 Å². The molecule has 0 aromatic heterocycles. The zero-order valence-electron chi connectivity index (χ0n) is 16.3. The lowest BCUT2D eigenvalue weighted by atomic mass is 9.78. The van der Waals surface area contributed by atoms with Gasteiger partial charge in [0.15, 0.2) is 0 Å². The SMILES string of the molecule is CC1CCCC(NC(=O)C2CCN(S(=O)(=O)c3ccc(F)c(Cl)c3)CC2)C1C. The number of sulfonamides is 1. The molecule has 1 amide bonds. The van der Waals surface area contributed by atoms with Crippen LogP contribution < -0.4 is 5.32 Å². The van der Waals surface area contributed by atoms with Gasteiger partial charge in [-0.05, 0) is 49.3 Å². The Bertz CT molecular complexity index is 825. The zero-order chi connectivity index (χ0) is 20.5. The van der Waals surface area contributed by atoms with Crippen molar-refractivity contribution in [2.24, 2.45) is 17.8 Å². The van der Waals surface area contributed by atoms with Gasteiger partial charge in [0.25, 0.3) is 0 Å². The van der Waals surface area contributed by atoms with Crippen molar-refractivity contribution in [1.82, 2.24) is 9.62 Å². The lowest BCUT2D eigenvalue weighted by molar-refractivity contribution is -0.127. The number of piperidine rings is 1. The topological polar surface area (TPSA) is 66.5 Å². The van der Waals surface area contributed by atoms with Crippen LogP contribution in [0.4, 0.5) is 4.39 Å². The van der Waals surface area contributed by atoms with E-state index in [1.165, 1.54) is 16.8 Å². The smallest absolute Gasteiger partial charge is 0.243 e. The molecule has 1 saturated heterocycles. The number of amides is 1. The average Bonchev–Trinajstić information content (AvgIpc) is 2.67. The minimum absolute atomic E-state index is 0.0215. The molecule has 1 N–H and O–H groups in total. The predicted octanol–water partition coefficient (Wildman–Crippen LogP) is 3.82. The first kappa shape index (κ1) is 21.5. The third kappa shape index (κ3) is 4.52. The van der Waals surface area contributed by atoms with Crippen molar-refractivity contribution in [3.05, 3.63) is 29.0 Å². The summed E-state index contributed by atoms with van der Waals surface area (Å²) in [5.41, 5.74) is 0. The van der Waals surface area contributed by atoms with Gasteiger partial charge in [-0.1, -0.05) is 38.3 Å². The molecule has 1 aliphatic heterocycles. The van der Waals surface area contributed by atoms with Crippen LogP contribution in [0.15, 0.2) is 23.1 Å². The fraction of sp³-hybridized carbons (Fsp3) is 0.650. The highest BCUT2D eigenvalue weighted by Gasteiger charge is 2.34. The maximum Gasteiger partial charge on any atom is 0.243 e. The van der Waals surface area contributed by atoms with Crippen molar-refractivity contribution in [2.75, 3.05) is 13.1 Å². The number of rotatable bonds is 4. The number of carbonyl (C=O) groups excluding carboxylic acids is 1. The highest BCUT2D eigenvalue weighted by molar-refractivity contribution is 7.89. The summed E-state index contributed by atoms with van der Waals surface area (Å²) in [5.74, 6) is 0.276. The summed E-state index contributed by atoms with van der Waals surface area (Å²) < 4.78 is 40.2. The van der Waals surface area contributed by atoms with Gasteiger partial charge in [0.1, 0.15) is 5.82 Å². The summed E-state index contributed by atoms with van der Waals surface area (Å²) >= 11 is 5.73. The molecule has 3 unspecified atom stereocenters. The molecule has 3 rings (SSSR count). The summed E-state index contributed by atoms with van der Waals surface area (Å²) in [7, 11) is -3.74. The van der Waals surface area contributed by atoms with Crippen LogP contribution in [0, 0.1) is 23.6 Å². The Labute approximate surface area is 171 Å². The van der Waals surface area contributed by atoms with Gasteiger partial charge in [-0.25, -0.2) is 12.8 Å². The molecule has 5 nitrogen and oxygen atoms in total. The van der Waals surface area contributed by atoms with E-state index >= 15 is 0 Å². The van der Waals surface area contributed by atoms with Crippen molar-refractivity contribution in [3.8, 4) is 0 Å². The predicted molar refractivity (Wildman–Crippen MR) is 107 cm³/mol. The Kier molecular flexibility index (Phi) is 6.67. The van der Waals surface area contributed by atoms with Crippen LogP contribution in [0.1, 0.15) is 46.0 Å². The molecule has 0 bridgehead atoms. The van der Waals surface area contributed by atoms with E-state index in [1.807, 2.05) is 0 Å². The molecule has 2 aliphatic rings. The Hall–Kier alpha value is -1.18. The van der Waals surface area contributed by atoms with Gasteiger partial charge in [-0.15, -0.1) is 0 Å². The van der Waals surface area contributed by atoms with Crippen LogP contribution in [-0.4, -0.2) is 37.8 Å². The number of halogens is 2. The number of nitrogens with one attached hydrogen (secondary N) is 1. The molecular weight excluding hydrogens is 403 g/mol. The average molecular weight is 431 g/mol. The molecule has 1 heterocycles. The maximum atomic E-state index is 13.3. The quantitative estimate of drug-likeness (QED) is 0.789. The van der Waals surface area contributed by atoms with E-state index in [4.69, 9.17) is 11.6 Å². The lowest BCUT2D eigenvalue weighted by Crippen LogP contribution is -2.48. The zero-order valence-corrected chi connectivity index (χ0v) is 17.9. The number of hydrogen-bond donors (Lipinski definition) is 1. The Morgan fingerprint density at radius 2 is 1.86 bits per heavy atom. The molecular formula is C20H28ClFN2O3S. The number of hydrogen-bond acceptors (Lipinski definition) is 3. The summed E-state index contributed by atoms with van der Waals surface area (Å²) in [4.78, 5) is 12.7. The normalized spacial score (nSPS) is 27.5. The Balaban J connectivity index is 1.59. The van der Waals surface area contributed by atoms with Gasteiger partial charge in [0.2, 0.25) is 15.9 Å². The number of benzene rings is 1. The van der Waals surface area contributed by atoms with Gasteiger partial charge in [-0.2, -0.15) is 4.31 Å². The summed E-state index contributed by atoms with van der Waals surface area (Å²) in [5, 5.41) is 2.99. The molecule has 8 heteroatoms. The highest BCUT2D eigenvalue weighted by atomic mass is 35.5. The van der Waals surface area contributed by atoms with Crippen molar-refractivity contribution in [1.29, 1.82) is 0 Å². The van der Waals surface area contributed by atoms with E-state index < -0.39 is 15.8 Å². The van der Waals surface area contributed by atoms with Gasteiger partial charge in [-0.3, -0.25) is 4.79 Å². The van der Waals surface area contributed by atoms with E-state index in [-0.39, 0.29) is 40.9 Å². The van der Waals surface area contributed by atoms with Gasteiger partial charge in [0.05, 0.1) is 9.92 Å². The van der Waals surface area contributed by atoms with Gasteiger partial charge < -0.3 is 5.32 Å². The van der Waals surface area contributed by atoms with Crippen LogP contribution in [0.3, 0.4) is 0 Å². The molecule has 0 radical (unpaired) electrons. The third-order valence-corrected chi connectivity index (χ3v) is 8.57. The monoisotopic (exact) mass is 430 g/mol. The molecule has 1 saturated carbocycles. The van der Waals surface area contributed by atoms with E-state index in [9.17, 15) is 17.6 Å². The van der Waals surface area contributed by atoms with Crippen LogP contribution in [0.5, 0.6) is 0 Å². The lowest BCUT2D eigenvalue weighted by Gasteiger charge is -2.36. The molecule has 0 spiro atoms. The van der Waals surface area contributed by atoms with Gasteiger partial charge in [0, 0.05) is 25.0 Å². The summed E-state index contributed by atoms with van der Waals surface area (Å²) in [6.07, 6.45) is 4.31. The molecule has 3 atom stereocenters. The summed E-state index contributed by atoms with van der Waals surface area (Å²) in [6, 6.07) is 3.62. The van der Waals surface area contributed by atoms with E-state index in [0.717, 1.165) is 25.0 Å². The second-order valence-electron chi connectivity index (χ2n) is 8.14. The first-order valence-electron chi connectivity index (χ1n) is 9.95. The van der Waals surface area contributed by atoms with Crippen molar-refractivity contribution >= 4 is 27.5 Å². The number of carbonyl (C=O) groups is 1. The fourth-order valence-corrected chi connectivity index (χ4v) is 5.97.